The topological polar surface area (TPSA) is 71.1 Å². The van der Waals surface area contributed by atoms with Crippen LogP contribution in [0.2, 0.25) is 5.02 Å². The molecule has 0 spiro atoms. The molecule has 2 heterocycles. The van der Waals surface area contributed by atoms with E-state index in [9.17, 15) is 9.59 Å². The molecule has 0 atom stereocenters. The average molecular weight is 430 g/mol. The first-order valence-electron chi connectivity index (χ1n) is 9.96. The van der Waals surface area contributed by atoms with Crippen LogP contribution in [0, 0.1) is 5.92 Å². The van der Waals surface area contributed by atoms with Crippen LogP contribution in [0.5, 0.6) is 11.5 Å². The van der Waals surface area contributed by atoms with E-state index in [1.165, 1.54) is 0 Å². The molecular weight excluding hydrogens is 406 g/mol. The Kier molecular flexibility index (Phi) is 5.72. The van der Waals surface area contributed by atoms with Gasteiger partial charge in [0.15, 0.2) is 11.5 Å². The number of carbonyl (C=O) groups excluding carboxylic acids is 2. The van der Waals surface area contributed by atoms with Crippen molar-refractivity contribution in [3.8, 4) is 11.5 Å². The molecule has 0 radical (unpaired) electrons. The van der Waals surface area contributed by atoms with Crippen molar-refractivity contribution >= 4 is 34.8 Å². The van der Waals surface area contributed by atoms with Crippen molar-refractivity contribution in [2.45, 2.75) is 13.8 Å². The molecule has 0 bridgehead atoms. The molecule has 1 N–H and O–H groups in total. The second kappa shape index (κ2) is 8.44. The molecule has 0 unspecified atom stereocenters. The van der Waals surface area contributed by atoms with Crippen LogP contribution < -0.4 is 19.7 Å². The predicted molar refractivity (Wildman–Crippen MR) is 116 cm³/mol. The van der Waals surface area contributed by atoms with Crippen molar-refractivity contribution in [3.05, 3.63) is 47.0 Å². The number of fused-ring (bicyclic) bond motifs is 1. The number of hydrogen-bond acceptors (Lipinski definition) is 5. The summed E-state index contributed by atoms with van der Waals surface area (Å²) in [6.07, 6.45) is 0. The molecule has 2 aliphatic heterocycles. The van der Waals surface area contributed by atoms with Crippen LogP contribution in [0.4, 0.5) is 11.4 Å². The quantitative estimate of drug-likeness (QED) is 0.803. The number of nitrogens with zero attached hydrogens (tertiary/aromatic N) is 2. The molecule has 2 aliphatic rings. The third-order valence-electron chi connectivity index (χ3n) is 5.27. The molecule has 2 aromatic carbocycles. The van der Waals surface area contributed by atoms with Gasteiger partial charge in [-0.2, -0.15) is 0 Å². The van der Waals surface area contributed by atoms with E-state index >= 15 is 0 Å². The highest BCUT2D eigenvalue weighted by atomic mass is 35.5. The fourth-order valence-electron chi connectivity index (χ4n) is 3.65. The summed E-state index contributed by atoms with van der Waals surface area (Å²) in [6, 6.07) is 10.5. The van der Waals surface area contributed by atoms with Crippen molar-refractivity contribution < 1.29 is 19.1 Å². The third kappa shape index (κ3) is 4.16. The first-order valence-corrected chi connectivity index (χ1v) is 10.3. The molecular formula is C22H24ClN3O4. The minimum Gasteiger partial charge on any atom is -0.454 e. The van der Waals surface area contributed by atoms with Crippen molar-refractivity contribution in [2.24, 2.45) is 5.92 Å². The van der Waals surface area contributed by atoms with Gasteiger partial charge in [0.1, 0.15) is 0 Å². The summed E-state index contributed by atoms with van der Waals surface area (Å²) in [6.45, 7) is 6.66. The highest BCUT2D eigenvalue weighted by Gasteiger charge is 2.25. The van der Waals surface area contributed by atoms with Crippen LogP contribution in [0.25, 0.3) is 0 Å². The minimum atomic E-state index is -0.259. The molecule has 0 saturated carbocycles. The van der Waals surface area contributed by atoms with Gasteiger partial charge in [-0.05, 0) is 36.4 Å². The average Bonchev–Trinajstić information content (AvgIpc) is 3.21. The molecule has 0 aromatic heterocycles. The Balaban J connectivity index is 1.50. The van der Waals surface area contributed by atoms with Crippen molar-refractivity contribution in [2.75, 3.05) is 43.2 Å². The molecule has 1 saturated heterocycles. The van der Waals surface area contributed by atoms with E-state index in [1.807, 2.05) is 24.8 Å². The largest absolute Gasteiger partial charge is 0.454 e. The van der Waals surface area contributed by atoms with Gasteiger partial charge in [-0.3, -0.25) is 9.59 Å². The summed E-state index contributed by atoms with van der Waals surface area (Å²) >= 11 is 6.20. The van der Waals surface area contributed by atoms with Gasteiger partial charge in [0.25, 0.3) is 5.91 Å². The lowest BCUT2D eigenvalue weighted by atomic mass is 10.1. The smallest absolute Gasteiger partial charge is 0.255 e. The number of benzene rings is 2. The maximum absolute atomic E-state index is 12.9. The van der Waals surface area contributed by atoms with Crippen molar-refractivity contribution in [1.82, 2.24) is 4.90 Å². The van der Waals surface area contributed by atoms with E-state index in [0.29, 0.717) is 54.0 Å². The third-order valence-corrected chi connectivity index (χ3v) is 5.50. The minimum absolute atomic E-state index is 0.0105. The number of rotatable bonds is 4. The number of halogens is 1. The zero-order chi connectivity index (χ0) is 21.3. The van der Waals surface area contributed by atoms with E-state index < -0.39 is 0 Å². The lowest BCUT2D eigenvalue weighted by Gasteiger charge is -2.37. The number of amides is 2. The number of piperazine rings is 1. The van der Waals surface area contributed by atoms with Crippen LogP contribution in [-0.2, 0) is 4.79 Å². The second-order valence-electron chi connectivity index (χ2n) is 7.65. The monoisotopic (exact) mass is 429 g/mol. The Morgan fingerprint density at radius 3 is 2.47 bits per heavy atom. The molecule has 0 aliphatic carbocycles. The van der Waals surface area contributed by atoms with Crippen LogP contribution in [0.1, 0.15) is 24.2 Å². The van der Waals surface area contributed by atoms with Crippen LogP contribution in [0.3, 0.4) is 0 Å². The van der Waals surface area contributed by atoms with E-state index in [-0.39, 0.29) is 24.5 Å². The first-order chi connectivity index (χ1) is 14.4. The normalized spacial score (nSPS) is 15.5. The molecule has 7 nitrogen and oxygen atoms in total. The summed E-state index contributed by atoms with van der Waals surface area (Å²) in [4.78, 5) is 29.2. The molecule has 4 rings (SSSR count). The van der Waals surface area contributed by atoms with Crippen molar-refractivity contribution in [3.63, 3.8) is 0 Å². The van der Waals surface area contributed by atoms with Crippen LogP contribution in [-0.4, -0.2) is 49.7 Å². The van der Waals surface area contributed by atoms with Gasteiger partial charge >= 0.3 is 0 Å². The number of carbonyl (C=O) groups is 2. The van der Waals surface area contributed by atoms with Gasteiger partial charge in [-0.15, -0.1) is 0 Å². The number of hydrogen-bond donors (Lipinski definition) is 1. The summed E-state index contributed by atoms with van der Waals surface area (Å²) < 4.78 is 10.7. The van der Waals surface area contributed by atoms with E-state index in [1.54, 1.807) is 30.3 Å². The summed E-state index contributed by atoms with van der Waals surface area (Å²) in [5.74, 6) is 1.08. The molecule has 1 fully saturated rings. The number of nitrogens with one attached hydrogen (secondary N) is 1. The molecule has 2 amide bonds. The van der Waals surface area contributed by atoms with Gasteiger partial charge in [0, 0.05) is 42.7 Å². The fourth-order valence-corrected chi connectivity index (χ4v) is 3.82. The molecule has 2 aromatic rings. The van der Waals surface area contributed by atoms with Crippen molar-refractivity contribution in [1.29, 1.82) is 0 Å². The van der Waals surface area contributed by atoms with Gasteiger partial charge in [-0.25, -0.2) is 0 Å². The zero-order valence-electron chi connectivity index (χ0n) is 17.0. The van der Waals surface area contributed by atoms with Gasteiger partial charge < -0.3 is 24.6 Å². The highest BCUT2D eigenvalue weighted by molar-refractivity contribution is 6.31. The maximum Gasteiger partial charge on any atom is 0.255 e. The Labute approximate surface area is 180 Å². The Morgan fingerprint density at radius 2 is 1.73 bits per heavy atom. The van der Waals surface area contributed by atoms with Gasteiger partial charge in [0.2, 0.25) is 12.7 Å². The van der Waals surface area contributed by atoms with E-state index in [4.69, 9.17) is 21.1 Å². The predicted octanol–water partition coefficient (Wildman–Crippen LogP) is 3.63. The Bertz CT molecular complexity index is 971. The summed E-state index contributed by atoms with van der Waals surface area (Å²) in [5.41, 5.74) is 1.98. The first kappa shape index (κ1) is 20.3. The Hall–Kier alpha value is -2.93. The van der Waals surface area contributed by atoms with Crippen LogP contribution in [0.15, 0.2) is 36.4 Å². The zero-order valence-corrected chi connectivity index (χ0v) is 17.7. The van der Waals surface area contributed by atoms with Crippen LogP contribution >= 0.6 is 11.6 Å². The lowest BCUT2D eigenvalue weighted by Crippen LogP contribution is -2.50. The number of anilines is 2. The van der Waals surface area contributed by atoms with Gasteiger partial charge in [-0.1, -0.05) is 25.4 Å². The number of ether oxygens (including phenoxy) is 2. The van der Waals surface area contributed by atoms with E-state index in [0.717, 1.165) is 5.69 Å². The second-order valence-corrected chi connectivity index (χ2v) is 8.09. The SMILES string of the molecule is CC(C)C(=O)N1CCN(c2ccc(Cl)cc2NC(=O)c2ccc3c(c2)OCO3)CC1. The highest BCUT2D eigenvalue weighted by Crippen LogP contribution is 2.34. The maximum atomic E-state index is 12.9. The molecule has 158 valence electrons. The molecule has 8 heteroatoms. The summed E-state index contributed by atoms with van der Waals surface area (Å²) in [7, 11) is 0. The standard InChI is InChI=1S/C22H24ClN3O4/c1-14(2)22(28)26-9-7-25(8-10-26)18-5-4-16(23)12-17(18)24-21(27)15-3-6-19-20(11-15)30-13-29-19/h3-6,11-12,14H,7-10,13H2,1-2H3,(H,24,27). The van der Waals surface area contributed by atoms with E-state index in [2.05, 4.69) is 10.2 Å². The Morgan fingerprint density at radius 1 is 1.00 bits per heavy atom. The molecule has 30 heavy (non-hydrogen) atoms. The lowest BCUT2D eigenvalue weighted by molar-refractivity contribution is -0.134. The fraction of sp³-hybridized carbons (Fsp3) is 0.364. The van der Waals surface area contributed by atoms with Gasteiger partial charge in [0.05, 0.1) is 11.4 Å². The summed E-state index contributed by atoms with van der Waals surface area (Å²) in [5, 5.41) is 3.50.